The highest BCUT2D eigenvalue weighted by Crippen LogP contribution is 2.38. The number of anilines is 1. The quantitative estimate of drug-likeness (QED) is 0.326. The van der Waals surface area contributed by atoms with Gasteiger partial charge in [-0.1, -0.05) is 52.0 Å². The molecule has 2 heterocycles. The maximum Gasteiger partial charge on any atom is 0.374 e. The van der Waals surface area contributed by atoms with Crippen molar-refractivity contribution >= 4 is 35.4 Å². The second-order valence-corrected chi connectivity index (χ2v) is 6.56. The molecule has 1 aromatic heterocycles. The zero-order valence-electron chi connectivity index (χ0n) is 19.9. The number of fused-ring (bicyclic) bond motifs is 2. The van der Waals surface area contributed by atoms with Crippen molar-refractivity contribution in [2.75, 3.05) is 11.4 Å². The summed E-state index contributed by atoms with van der Waals surface area (Å²) in [6, 6.07) is 15.5. The molecule has 0 bridgehead atoms. The fourth-order valence-corrected chi connectivity index (χ4v) is 3.39. The number of allylic oxidation sites excluding steroid dienone is 2. The SMILES string of the molecule is CC.CC.O=CCCN1/C(=C\C=C\c2oc3ccccc3[n+]2CCC=O)Oc2ccccc21. The predicted octanol–water partition coefficient (Wildman–Crippen LogP) is 5.70. The van der Waals surface area contributed by atoms with E-state index in [1.807, 2.05) is 104 Å². The van der Waals surface area contributed by atoms with E-state index in [-0.39, 0.29) is 0 Å². The van der Waals surface area contributed by atoms with Gasteiger partial charge in [-0.15, -0.1) is 0 Å². The molecule has 6 heteroatoms. The van der Waals surface area contributed by atoms with E-state index in [9.17, 15) is 9.59 Å². The number of aromatic nitrogens is 1. The van der Waals surface area contributed by atoms with Crippen LogP contribution in [0.1, 0.15) is 46.4 Å². The fraction of sp³-hybridized carbons (Fsp3) is 0.296. The number of ether oxygens (including phenoxy) is 1. The molecule has 3 aromatic rings. The Morgan fingerprint density at radius 2 is 1.61 bits per heavy atom. The molecule has 0 saturated heterocycles. The Kier molecular flexibility index (Phi) is 10.6. The molecule has 6 nitrogen and oxygen atoms in total. The van der Waals surface area contributed by atoms with Crippen LogP contribution in [0.3, 0.4) is 0 Å². The lowest BCUT2D eigenvalue weighted by Crippen LogP contribution is -2.35. The van der Waals surface area contributed by atoms with Gasteiger partial charge < -0.3 is 23.6 Å². The first-order valence-electron chi connectivity index (χ1n) is 11.5. The maximum atomic E-state index is 10.8. The lowest BCUT2D eigenvalue weighted by atomic mass is 10.2. The third-order valence-electron chi connectivity index (χ3n) is 4.69. The van der Waals surface area contributed by atoms with Gasteiger partial charge in [0.1, 0.15) is 12.6 Å². The Hall–Kier alpha value is -3.67. The van der Waals surface area contributed by atoms with Gasteiger partial charge in [-0.05, 0) is 30.4 Å². The molecule has 174 valence electrons. The minimum absolute atomic E-state index is 0.411. The maximum absolute atomic E-state index is 10.8. The van der Waals surface area contributed by atoms with Crippen LogP contribution in [0.2, 0.25) is 0 Å². The summed E-state index contributed by atoms with van der Waals surface area (Å²) in [6.07, 6.45) is 8.17. The molecular formula is C27H33N2O4+. The van der Waals surface area contributed by atoms with Crippen molar-refractivity contribution in [1.82, 2.24) is 0 Å². The van der Waals surface area contributed by atoms with Crippen molar-refractivity contribution in [2.24, 2.45) is 0 Å². The van der Waals surface area contributed by atoms with E-state index in [0.29, 0.717) is 37.7 Å². The van der Waals surface area contributed by atoms with Gasteiger partial charge in [-0.2, -0.15) is 4.57 Å². The first-order chi connectivity index (χ1) is 16.3. The standard InChI is InChI=1S/C23H21N2O4.2C2H6/c26-16-6-14-24-18-8-1-3-10-20(18)28-22(24)12-5-13-23-25(15-7-17-27)19-9-2-4-11-21(19)29-23;2*1-2/h1-5,8-13,16-17H,6-7,14-15H2;2*1-2H3/q+1;;. The normalized spacial score (nSPS) is 13.1. The largest absolute Gasteiger partial charge is 0.439 e. The predicted molar refractivity (Wildman–Crippen MR) is 132 cm³/mol. The summed E-state index contributed by atoms with van der Waals surface area (Å²) in [7, 11) is 0. The molecule has 0 N–H and O–H groups in total. The number of rotatable bonds is 8. The van der Waals surface area contributed by atoms with Crippen LogP contribution < -0.4 is 14.2 Å². The van der Waals surface area contributed by atoms with Crippen molar-refractivity contribution in [3.05, 3.63) is 72.5 Å². The second-order valence-electron chi connectivity index (χ2n) is 6.56. The van der Waals surface area contributed by atoms with Crippen LogP contribution >= 0.6 is 0 Å². The first-order valence-corrected chi connectivity index (χ1v) is 11.5. The van der Waals surface area contributed by atoms with Crippen LogP contribution in [0.5, 0.6) is 5.75 Å². The van der Waals surface area contributed by atoms with Gasteiger partial charge in [-0.3, -0.25) is 0 Å². The molecule has 0 spiro atoms. The van der Waals surface area contributed by atoms with E-state index < -0.39 is 0 Å². The third-order valence-corrected chi connectivity index (χ3v) is 4.69. The Bertz CT molecular complexity index is 1100. The van der Waals surface area contributed by atoms with Crippen LogP contribution in [0.4, 0.5) is 5.69 Å². The summed E-state index contributed by atoms with van der Waals surface area (Å²) in [6.45, 7) is 9.09. The molecule has 0 atom stereocenters. The smallest absolute Gasteiger partial charge is 0.374 e. The van der Waals surface area contributed by atoms with Crippen LogP contribution in [-0.4, -0.2) is 19.1 Å². The number of aryl methyl sites for hydroxylation is 1. The number of nitrogens with zero attached hydrogens (tertiary/aromatic N) is 2. The first kappa shape index (κ1) is 25.6. The number of aldehydes is 2. The molecule has 0 unspecified atom stereocenters. The molecule has 4 rings (SSSR count). The summed E-state index contributed by atoms with van der Waals surface area (Å²) >= 11 is 0. The number of para-hydroxylation sites is 4. The zero-order valence-corrected chi connectivity index (χ0v) is 19.9. The summed E-state index contributed by atoms with van der Waals surface area (Å²) in [5.74, 6) is 2.07. The Morgan fingerprint density at radius 3 is 2.36 bits per heavy atom. The second kappa shape index (κ2) is 13.7. The van der Waals surface area contributed by atoms with Crippen LogP contribution in [-0.2, 0) is 16.1 Å². The van der Waals surface area contributed by atoms with Crippen molar-refractivity contribution in [1.29, 1.82) is 0 Å². The molecule has 0 amide bonds. The number of oxazole rings is 1. The van der Waals surface area contributed by atoms with E-state index >= 15 is 0 Å². The molecule has 0 fully saturated rings. The number of hydrogen-bond acceptors (Lipinski definition) is 5. The Labute approximate surface area is 195 Å². The van der Waals surface area contributed by atoms with Crippen LogP contribution in [0, 0.1) is 0 Å². The van der Waals surface area contributed by atoms with Crippen molar-refractivity contribution in [3.63, 3.8) is 0 Å². The Balaban J connectivity index is 0.000000914. The van der Waals surface area contributed by atoms with Gasteiger partial charge in [0.25, 0.3) is 5.52 Å². The van der Waals surface area contributed by atoms with Gasteiger partial charge >= 0.3 is 5.89 Å². The van der Waals surface area contributed by atoms with Crippen molar-refractivity contribution in [2.45, 2.75) is 47.1 Å². The minimum Gasteiger partial charge on any atom is -0.439 e. The monoisotopic (exact) mass is 449 g/mol. The topological polar surface area (TPSA) is 63.6 Å². The summed E-state index contributed by atoms with van der Waals surface area (Å²) in [5, 5.41) is 0. The summed E-state index contributed by atoms with van der Waals surface area (Å²) < 4.78 is 13.9. The van der Waals surface area contributed by atoms with E-state index in [0.717, 1.165) is 35.1 Å². The molecule has 1 aliphatic heterocycles. The summed E-state index contributed by atoms with van der Waals surface area (Å²) in [5.41, 5.74) is 2.65. The highest BCUT2D eigenvalue weighted by atomic mass is 16.5. The van der Waals surface area contributed by atoms with Crippen LogP contribution in [0.15, 0.2) is 71.0 Å². The van der Waals surface area contributed by atoms with Crippen molar-refractivity contribution in [3.8, 4) is 5.75 Å². The van der Waals surface area contributed by atoms with Gasteiger partial charge in [-0.25, -0.2) is 0 Å². The van der Waals surface area contributed by atoms with E-state index in [4.69, 9.17) is 9.15 Å². The van der Waals surface area contributed by atoms with E-state index in [1.54, 1.807) is 0 Å². The number of benzene rings is 2. The van der Waals surface area contributed by atoms with Gasteiger partial charge in [0.15, 0.2) is 12.3 Å². The molecule has 33 heavy (non-hydrogen) atoms. The van der Waals surface area contributed by atoms with Crippen LogP contribution in [0.25, 0.3) is 17.2 Å². The molecule has 1 aliphatic rings. The zero-order chi connectivity index (χ0) is 24.1. The highest BCUT2D eigenvalue weighted by Gasteiger charge is 2.25. The molecular weight excluding hydrogens is 416 g/mol. The molecule has 0 saturated carbocycles. The van der Waals surface area contributed by atoms with Gasteiger partial charge in [0.05, 0.1) is 18.2 Å². The number of carbonyl (C=O) groups excluding carboxylic acids is 2. The third kappa shape index (κ3) is 6.19. The Morgan fingerprint density at radius 1 is 0.909 bits per heavy atom. The average molecular weight is 450 g/mol. The average Bonchev–Trinajstić information content (AvgIpc) is 3.41. The molecule has 0 aliphatic carbocycles. The lowest BCUT2D eigenvalue weighted by Gasteiger charge is -2.16. The van der Waals surface area contributed by atoms with Gasteiger partial charge in [0, 0.05) is 19.0 Å². The lowest BCUT2D eigenvalue weighted by molar-refractivity contribution is -0.676. The molecule has 2 aromatic carbocycles. The van der Waals surface area contributed by atoms with Gasteiger partial charge in [0.2, 0.25) is 11.5 Å². The fourth-order valence-electron chi connectivity index (χ4n) is 3.39. The summed E-state index contributed by atoms with van der Waals surface area (Å²) in [4.78, 5) is 23.7. The van der Waals surface area contributed by atoms with Crippen molar-refractivity contribution < 1.29 is 23.3 Å². The van der Waals surface area contributed by atoms with E-state index in [1.165, 1.54) is 0 Å². The minimum atomic E-state index is 0.411. The highest BCUT2D eigenvalue weighted by molar-refractivity contribution is 5.70. The number of hydrogen-bond donors (Lipinski definition) is 0. The number of carbonyl (C=O) groups is 2. The molecule has 0 radical (unpaired) electrons. The van der Waals surface area contributed by atoms with E-state index in [2.05, 4.69) is 0 Å².